The third kappa shape index (κ3) is 3.95. The number of hydrogen-bond donors (Lipinski definition) is 1. The number of benzene rings is 1. The van der Waals surface area contributed by atoms with Gasteiger partial charge in [-0.25, -0.2) is 0 Å². The van der Waals surface area contributed by atoms with Gasteiger partial charge in [0.15, 0.2) is 0 Å². The molecular formula is C14H23NO. The minimum atomic E-state index is -0.0810. The number of ether oxygens (including phenoxy) is 1. The Morgan fingerprint density at radius 1 is 1.25 bits per heavy atom. The number of rotatable bonds is 5. The van der Waals surface area contributed by atoms with Crippen LogP contribution in [0.2, 0.25) is 0 Å². The van der Waals surface area contributed by atoms with Crippen LogP contribution in [0.15, 0.2) is 24.3 Å². The van der Waals surface area contributed by atoms with Crippen molar-refractivity contribution in [2.24, 2.45) is 5.73 Å². The normalized spacial score (nSPS) is 13.8. The zero-order valence-electron chi connectivity index (χ0n) is 10.8. The molecule has 1 rings (SSSR count). The predicted octanol–water partition coefficient (Wildman–Crippen LogP) is 3.20. The SMILES string of the molecule is CCC(C)(C)OCC(N)c1ccc(C)cc1. The number of nitrogens with two attached hydrogens (primary N) is 1. The Balaban J connectivity index is 2.53. The molecule has 0 amide bonds. The van der Waals surface area contributed by atoms with E-state index in [1.807, 2.05) is 0 Å². The first-order valence-electron chi connectivity index (χ1n) is 5.91. The van der Waals surface area contributed by atoms with Crippen LogP contribution >= 0.6 is 0 Å². The van der Waals surface area contributed by atoms with Crippen molar-refractivity contribution in [3.63, 3.8) is 0 Å². The summed E-state index contributed by atoms with van der Waals surface area (Å²) in [5, 5.41) is 0. The van der Waals surface area contributed by atoms with Crippen LogP contribution in [-0.2, 0) is 4.74 Å². The first-order chi connectivity index (χ1) is 7.44. The molecule has 1 aromatic rings. The smallest absolute Gasteiger partial charge is 0.0666 e. The predicted molar refractivity (Wildman–Crippen MR) is 68.4 cm³/mol. The van der Waals surface area contributed by atoms with Crippen LogP contribution in [0.5, 0.6) is 0 Å². The molecular weight excluding hydrogens is 198 g/mol. The van der Waals surface area contributed by atoms with E-state index < -0.39 is 0 Å². The quantitative estimate of drug-likeness (QED) is 0.828. The van der Waals surface area contributed by atoms with Gasteiger partial charge in [0.2, 0.25) is 0 Å². The van der Waals surface area contributed by atoms with E-state index in [1.165, 1.54) is 5.56 Å². The summed E-state index contributed by atoms with van der Waals surface area (Å²) in [6, 6.07) is 8.27. The molecule has 1 atom stereocenters. The van der Waals surface area contributed by atoms with E-state index >= 15 is 0 Å². The van der Waals surface area contributed by atoms with Crippen molar-refractivity contribution in [3.8, 4) is 0 Å². The van der Waals surface area contributed by atoms with Gasteiger partial charge in [-0.05, 0) is 32.8 Å². The lowest BCUT2D eigenvalue weighted by atomic mass is 10.0. The van der Waals surface area contributed by atoms with Crippen molar-refractivity contribution in [1.82, 2.24) is 0 Å². The Kier molecular flexibility index (Phi) is 4.51. The summed E-state index contributed by atoms with van der Waals surface area (Å²) in [5.41, 5.74) is 8.39. The van der Waals surface area contributed by atoms with Crippen LogP contribution in [0.4, 0.5) is 0 Å². The molecule has 2 nitrogen and oxygen atoms in total. The van der Waals surface area contributed by atoms with E-state index in [0.717, 1.165) is 12.0 Å². The van der Waals surface area contributed by atoms with E-state index in [0.29, 0.717) is 6.61 Å². The van der Waals surface area contributed by atoms with E-state index in [4.69, 9.17) is 10.5 Å². The minimum absolute atomic E-state index is 0.0357. The molecule has 0 saturated heterocycles. The van der Waals surface area contributed by atoms with Crippen LogP contribution in [-0.4, -0.2) is 12.2 Å². The monoisotopic (exact) mass is 221 g/mol. The molecule has 0 bridgehead atoms. The summed E-state index contributed by atoms with van der Waals surface area (Å²) >= 11 is 0. The topological polar surface area (TPSA) is 35.2 Å². The zero-order valence-corrected chi connectivity index (χ0v) is 10.8. The average molecular weight is 221 g/mol. The first-order valence-corrected chi connectivity index (χ1v) is 5.91. The summed E-state index contributed by atoms with van der Waals surface area (Å²) in [5.74, 6) is 0. The Bertz CT molecular complexity index is 316. The molecule has 0 aliphatic heterocycles. The lowest BCUT2D eigenvalue weighted by Gasteiger charge is -2.25. The van der Waals surface area contributed by atoms with Crippen molar-refractivity contribution in [2.75, 3.05) is 6.61 Å². The molecule has 1 unspecified atom stereocenters. The maximum absolute atomic E-state index is 6.08. The van der Waals surface area contributed by atoms with Gasteiger partial charge in [0.25, 0.3) is 0 Å². The summed E-state index contributed by atoms with van der Waals surface area (Å²) in [7, 11) is 0. The van der Waals surface area contributed by atoms with Gasteiger partial charge in [0.1, 0.15) is 0 Å². The second-order valence-corrected chi connectivity index (χ2v) is 4.94. The van der Waals surface area contributed by atoms with Crippen LogP contribution in [0.3, 0.4) is 0 Å². The molecule has 2 heteroatoms. The van der Waals surface area contributed by atoms with Gasteiger partial charge in [0.05, 0.1) is 18.2 Å². The summed E-state index contributed by atoms with van der Waals surface area (Å²) in [4.78, 5) is 0. The number of aryl methyl sites for hydroxylation is 1. The van der Waals surface area contributed by atoms with Gasteiger partial charge >= 0.3 is 0 Å². The van der Waals surface area contributed by atoms with Crippen molar-refractivity contribution < 1.29 is 4.74 Å². The summed E-state index contributed by atoms with van der Waals surface area (Å²) in [6.07, 6.45) is 0.994. The third-order valence-electron chi connectivity index (χ3n) is 3.01. The van der Waals surface area contributed by atoms with E-state index in [-0.39, 0.29) is 11.6 Å². The highest BCUT2D eigenvalue weighted by atomic mass is 16.5. The zero-order chi connectivity index (χ0) is 12.2. The molecule has 0 fully saturated rings. The van der Waals surface area contributed by atoms with E-state index in [1.54, 1.807) is 0 Å². The van der Waals surface area contributed by atoms with Gasteiger partial charge in [-0.3, -0.25) is 0 Å². The molecule has 0 aliphatic rings. The van der Waals surface area contributed by atoms with Gasteiger partial charge < -0.3 is 10.5 Å². The van der Waals surface area contributed by atoms with Crippen molar-refractivity contribution >= 4 is 0 Å². The standard InChI is InChI=1S/C14H23NO/c1-5-14(3,4)16-10-13(15)12-8-6-11(2)7-9-12/h6-9,13H,5,10,15H2,1-4H3. The fourth-order valence-corrected chi connectivity index (χ4v) is 1.33. The van der Waals surface area contributed by atoms with Crippen LogP contribution < -0.4 is 5.73 Å². The Labute approximate surface area is 98.8 Å². The molecule has 90 valence electrons. The highest BCUT2D eigenvalue weighted by molar-refractivity contribution is 5.23. The average Bonchev–Trinajstić information content (AvgIpc) is 2.27. The molecule has 2 N–H and O–H groups in total. The lowest BCUT2D eigenvalue weighted by Crippen LogP contribution is -2.28. The minimum Gasteiger partial charge on any atom is -0.374 e. The fourth-order valence-electron chi connectivity index (χ4n) is 1.33. The molecule has 0 radical (unpaired) electrons. The van der Waals surface area contributed by atoms with Gasteiger partial charge in [-0.15, -0.1) is 0 Å². The first kappa shape index (κ1) is 13.2. The molecule has 0 aliphatic carbocycles. The van der Waals surface area contributed by atoms with Gasteiger partial charge in [-0.2, -0.15) is 0 Å². The molecule has 0 spiro atoms. The van der Waals surface area contributed by atoms with Crippen LogP contribution in [0.25, 0.3) is 0 Å². The maximum atomic E-state index is 6.08. The second-order valence-electron chi connectivity index (χ2n) is 4.94. The molecule has 16 heavy (non-hydrogen) atoms. The van der Waals surface area contributed by atoms with Crippen LogP contribution in [0, 0.1) is 6.92 Å². The Morgan fingerprint density at radius 3 is 2.31 bits per heavy atom. The molecule has 0 heterocycles. The molecule has 0 saturated carbocycles. The summed E-state index contributed by atoms with van der Waals surface area (Å²) in [6.45, 7) is 8.96. The highest BCUT2D eigenvalue weighted by Gasteiger charge is 2.17. The van der Waals surface area contributed by atoms with Crippen LogP contribution in [0.1, 0.15) is 44.4 Å². The lowest BCUT2D eigenvalue weighted by molar-refractivity contribution is -0.0267. The summed E-state index contributed by atoms with van der Waals surface area (Å²) < 4.78 is 5.80. The van der Waals surface area contributed by atoms with Gasteiger partial charge in [-0.1, -0.05) is 36.8 Å². The highest BCUT2D eigenvalue weighted by Crippen LogP contribution is 2.18. The molecule has 0 aromatic heterocycles. The largest absolute Gasteiger partial charge is 0.374 e. The Hall–Kier alpha value is -0.860. The number of hydrogen-bond acceptors (Lipinski definition) is 2. The fraction of sp³-hybridized carbons (Fsp3) is 0.571. The maximum Gasteiger partial charge on any atom is 0.0666 e. The Morgan fingerprint density at radius 2 is 1.81 bits per heavy atom. The third-order valence-corrected chi connectivity index (χ3v) is 3.01. The van der Waals surface area contributed by atoms with E-state index in [9.17, 15) is 0 Å². The second kappa shape index (κ2) is 5.46. The van der Waals surface area contributed by atoms with Crippen molar-refractivity contribution in [2.45, 2.75) is 45.8 Å². The van der Waals surface area contributed by atoms with Crippen molar-refractivity contribution in [3.05, 3.63) is 35.4 Å². The van der Waals surface area contributed by atoms with Crippen molar-refractivity contribution in [1.29, 1.82) is 0 Å². The van der Waals surface area contributed by atoms with E-state index in [2.05, 4.69) is 52.0 Å². The van der Waals surface area contributed by atoms with Gasteiger partial charge in [0, 0.05) is 0 Å². The molecule has 1 aromatic carbocycles.